The first kappa shape index (κ1) is 13.9. The maximum absolute atomic E-state index is 5.85. The summed E-state index contributed by atoms with van der Waals surface area (Å²) in [6, 6.07) is 13.9. The van der Waals surface area contributed by atoms with Gasteiger partial charge in [-0.3, -0.25) is 0 Å². The van der Waals surface area contributed by atoms with E-state index in [-0.39, 0.29) is 0 Å². The molecule has 0 N–H and O–H groups in total. The molecular weight excluding hydrogens is 379 g/mol. The summed E-state index contributed by atoms with van der Waals surface area (Å²) >= 11 is 12.7. The van der Waals surface area contributed by atoms with Gasteiger partial charge in [-0.2, -0.15) is 0 Å². The minimum atomic E-state index is 0.467. The normalized spacial score (nSPS) is 10.4. The number of ether oxygens (including phenoxy) is 1. The van der Waals surface area contributed by atoms with Gasteiger partial charge in [0.2, 0.25) is 0 Å². The molecule has 2 aromatic rings. The zero-order valence-corrected chi connectivity index (χ0v) is 13.4. The van der Waals surface area contributed by atoms with Gasteiger partial charge in [0, 0.05) is 14.8 Å². The summed E-state index contributed by atoms with van der Waals surface area (Å²) in [5, 5.41) is 0. The Kier molecular flexibility index (Phi) is 5.10. The molecule has 94 valence electrons. The molecule has 1 nitrogen and oxygen atoms in total. The third kappa shape index (κ3) is 3.74. The van der Waals surface area contributed by atoms with Gasteiger partial charge in [-0.1, -0.05) is 44.0 Å². The van der Waals surface area contributed by atoms with Gasteiger partial charge in [0.15, 0.2) is 0 Å². The molecule has 0 aliphatic rings. The van der Waals surface area contributed by atoms with E-state index in [4.69, 9.17) is 16.3 Å². The van der Waals surface area contributed by atoms with Crippen LogP contribution in [0.15, 0.2) is 51.4 Å². The van der Waals surface area contributed by atoms with Crippen molar-refractivity contribution < 1.29 is 4.74 Å². The molecule has 0 spiro atoms. The zero-order chi connectivity index (χ0) is 13.0. The van der Waals surface area contributed by atoms with Crippen LogP contribution in [-0.4, -0.2) is 0 Å². The summed E-state index contributed by atoms with van der Waals surface area (Å²) in [4.78, 5) is 0. The van der Waals surface area contributed by atoms with Crippen LogP contribution in [0.2, 0.25) is 0 Å². The van der Waals surface area contributed by atoms with Gasteiger partial charge < -0.3 is 4.74 Å². The Morgan fingerprint density at radius 3 is 2.61 bits per heavy atom. The summed E-state index contributed by atoms with van der Waals surface area (Å²) in [7, 11) is 0. The van der Waals surface area contributed by atoms with E-state index in [1.165, 1.54) is 0 Å². The Hall–Kier alpha value is -0.510. The van der Waals surface area contributed by atoms with Crippen LogP contribution >= 0.6 is 43.5 Å². The van der Waals surface area contributed by atoms with Crippen LogP contribution in [0.4, 0.5) is 0 Å². The molecule has 0 aliphatic carbocycles. The number of halogens is 3. The smallest absolute Gasteiger partial charge is 0.120 e. The summed E-state index contributed by atoms with van der Waals surface area (Å²) in [5.41, 5.74) is 2.16. The van der Waals surface area contributed by atoms with E-state index in [1.807, 2.05) is 42.5 Å². The van der Waals surface area contributed by atoms with Crippen molar-refractivity contribution in [2.75, 3.05) is 0 Å². The molecule has 0 aliphatic heterocycles. The molecule has 0 unspecified atom stereocenters. The standard InChI is InChI=1S/C14H11Br2ClO/c15-12-3-1-2-10(6-12)9-18-13-4-5-14(16)11(7-13)8-17/h1-7H,8-9H2. The molecule has 0 amide bonds. The van der Waals surface area contributed by atoms with E-state index in [1.54, 1.807) is 0 Å². The molecule has 4 heteroatoms. The second kappa shape index (κ2) is 6.60. The van der Waals surface area contributed by atoms with Crippen LogP contribution in [0.25, 0.3) is 0 Å². The molecule has 0 fully saturated rings. The number of hydrogen-bond acceptors (Lipinski definition) is 1. The first-order valence-corrected chi connectivity index (χ1v) is 7.53. The van der Waals surface area contributed by atoms with Gasteiger partial charge >= 0.3 is 0 Å². The Bertz CT molecular complexity index is 543. The van der Waals surface area contributed by atoms with Crippen LogP contribution in [0, 0.1) is 0 Å². The molecule has 2 aromatic carbocycles. The van der Waals surface area contributed by atoms with E-state index >= 15 is 0 Å². The second-order valence-electron chi connectivity index (χ2n) is 3.81. The fourth-order valence-corrected chi connectivity index (χ4v) is 2.75. The van der Waals surface area contributed by atoms with Crippen molar-refractivity contribution in [3.63, 3.8) is 0 Å². The lowest BCUT2D eigenvalue weighted by Crippen LogP contribution is -1.96. The van der Waals surface area contributed by atoms with Crippen molar-refractivity contribution in [1.29, 1.82) is 0 Å². The van der Waals surface area contributed by atoms with E-state index < -0.39 is 0 Å². The maximum Gasteiger partial charge on any atom is 0.120 e. The quantitative estimate of drug-likeness (QED) is 0.624. The third-order valence-corrected chi connectivity index (χ3v) is 4.01. The topological polar surface area (TPSA) is 9.23 Å². The molecule has 0 radical (unpaired) electrons. The number of rotatable bonds is 4. The second-order valence-corrected chi connectivity index (χ2v) is 5.84. The number of benzene rings is 2. The highest BCUT2D eigenvalue weighted by Gasteiger charge is 2.02. The van der Waals surface area contributed by atoms with Crippen LogP contribution < -0.4 is 4.74 Å². The third-order valence-electron chi connectivity index (χ3n) is 2.46. The molecule has 0 atom stereocenters. The first-order valence-electron chi connectivity index (χ1n) is 5.40. The Morgan fingerprint density at radius 1 is 1.06 bits per heavy atom. The molecule has 0 saturated heterocycles. The first-order chi connectivity index (χ1) is 8.69. The van der Waals surface area contributed by atoms with Gasteiger partial charge in [-0.25, -0.2) is 0 Å². The summed E-state index contributed by atoms with van der Waals surface area (Å²) in [6.07, 6.45) is 0. The monoisotopic (exact) mass is 388 g/mol. The van der Waals surface area contributed by atoms with E-state index in [9.17, 15) is 0 Å². The predicted octanol–water partition coefficient (Wildman–Crippen LogP) is 5.53. The zero-order valence-electron chi connectivity index (χ0n) is 9.50. The highest BCUT2D eigenvalue weighted by atomic mass is 79.9. The largest absolute Gasteiger partial charge is 0.489 e. The molecular formula is C14H11Br2ClO. The van der Waals surface area contributed by atoms with Gasteiger partial charge in [0.25, 0.3) is 0 Å². The summed E-state index contributed by atoms with van der Waals surface area (Å²) in [5.74, 6) is 1.29. The van der Waals surface area contributed by atoms with Crippen LogP contribution in [0.5, 0.6) is 5.75 Å². The fraction of sp³-hybridized carbons (Fsp3) is 0.143. The van der Waals surface area contributed by atoms with Crippen molar-refractivity contribution >= 4 is 43.5 Å². The number of hydrogen-bond donors (Lipinski definition) is 0. The van der Waals surface area contributed by atoms with E-state index in [0.717, 1.165) is 25.8 Å². The average Bonchev–Trinajstić information content (AvgIpc) is 2.38. The van der Waals surface area contributed by atoms with Gasteiger partial charge in [-0.15, -0.1) is 11.6 Å². The Labute approximate surface area is 128 Å². The van der Waals surface area contributed by atoms with E-state index in [0.29, 0.717) is 12.5 Å². The minimum absolute atomic E-state index is 0.467. The summed E-state index contributed by atoms with van der Waals surface area (Å²) < 4.78 is 7.81. The molecule has 0 aromatic heterocycles. The van der Waals surface area contributed by atoms with Gasteiger partial charge in [-0.05, 0) is 41.5 Å². The Balaban J connectivity index is 2.06. The minimum Gasteiger partial charge on any atom is -0.489 e. The SMILES string of the molecule is ClCc1cc(OCc2cccc(Br)c2)ccc1Br. The van der Waals surface area contributed by atoms with E-state index in [2.05, 4.69) is 31.9 Å². The molecule has 0 heterocycles. The molecule has 0 saturated carbocycles. The lowest BCUT2D eigenvalue weighted by molar-refractivity contribution is 0.306. The molecule has 18 heavy (non-hydrogen) atoms. The average molecular weight is 391 g/mol. The van der Waals surface area contributed by atoms with Crippen LogP contribution in [0.1, 0.15) is 11.1 Å². The lowest BCUT2D eigenvalue weighted by Gasteiger charge is -2.08. The summed E-state index contributed by atoms with van der Waals surface area (Å²) in [6.45, 7) is 0.544. The fourth-order valence-electron chi connectivity index (χ4n) is 1.54. The van der Waals surface area contributed by atoms with Crippen molar-refractivity contribution in [2.24, 2.45) is 0 Å². The van der Waals surface area contributed by atoms with Gasteiger partial charge in [0.05, 0.1) is 0 Å². The van der Waals surface area contributed by atoms with Crippen molar-refractivity contribution in [3.8, 4) is 5.75 Å². The van der Waals surface area contributed by atoms with Crippen LogP contribution in [-0.2, 0) is 12.5 Å². The Morgan fingerprint density at radius 2 is 1.89 bits per heavy atom. The molecule has 2 rings (SSSR count). The maximum atomic E-state index is 5.85. The van der Waals surface area contributed by atoms with Crippen molar-refractivity contribution in [3.05, 3.63) is 62.5 Å². The van der Waals surface area contributed by atoms with Crippen molar-refractivity contribution in [2.45, 2.75) is 12.5 Å². The predicted molar refractivity (Wildman–Crippen MR) is 82.2 cm³/mol. The van der Waals surface area contributed by atoms with Crippen molar-refractivity contribution in [1.82, 2.24) is 0 Å². The number of alkyl halides is 1. The van der Waals surface area contributed by atoms with Crippen LogP contribution in [0.3, 0.4) is 0 Å². The highest BCUT2D eigenvalue weighted by Crippen LogP contribution is 2.24. The molecule has 0 bridgehead atoms. The van der Waals surface area contributed by atoms with Gasteiger partial charge in [0.1, 0.15) is 12.4 Å². The lowest BCUT2D eigenvalue weighted by atomic mass is 10.2. The highest BCUT2D eigenvalue weighted by molar-refractivity contribution is 9.10.